The van der Waals surface area contributed by atoms with Crippen LogP contribution >= 0.6 is 0 Å². The lowest BCUT2D eigenvalue weighted by Crippen LogP contribution is -2.40. The fourth-order valence-corrected chi connectivity index (χ4v) is 4.38. The molecule has 142 valence electrons. The molecule has 0 saturated heterocycles. The molecule has 2 aromatic rings. The third-order valence-corrected chi connectivity index (χ3v) is 6.24. The van der Waals surface area contributed by atoms with Crippen molar-refractivity contribution in [1.82, 2.24) is 5.32 Å². The van der Waals surface area contributed by atoms with E-state index in [9.17, 15) is 13.6 Å². The first-order valence-corrected chi connectivity index (χ1v) is 9.84. The van der Waals surface area contributed by atoms with Gasteiger partial charge in [0.05, 0.1) is 0 Å². The smallest absolute Gasteiger partial charge is 0.140 e. The van der Waals surface area contributed by atoms with Crippen LogP contribution in [0.1, 0.15) is 61.3 Å². The number of benzene rings is 2. The van der Waals surface area contributed by atoms with Gasteiger partial charge in [0.2, 0.25) is 0 Å². The quantitative estimate of drug-likeness (QED) is 0.769. The number of Topliss-reactive ketones (excluding diaryl/α,β-unsaturated/α-hetero) is 1. The molecule has 4 rings (SSSR count). The van der Waals surface area contributed by atoms with Crippen molar-refractivity contribution in [3.8, 4) is 0 Å². The van der Waals surface area contributed by atoms with E-state index in [1.807, 2.05) is 6.07 Å². The minimum Gasteiger partial charge on any atom is -0.307 e. The first kappa shape index (κ1) is 18.3. The maximum absolute atomic E-state index is 14.1. The minimum atomic E-state index is -0.644. The van der Waals surface area contributed by atoms with Gasteiger partial charge in [-0.2, -0.15) is 0 Å². The first-order chi connectivity index (χ1) is 13.0. The van der Waals surface area contributed by atoms with Crippen molar-refractivity contribution in [3.05, 3.63) is 70.8 Å². The third-order valence-electron chi connectivity index (χ3n) is 6.24. The van der Waals surface area contributed by atoms with Gasteiger partial charge in [-0.1, -0.05) is 43.7 Å². The van der Waals surface area contributed by atoms with E-state index in [2.05, 4.69) is 23.5 Å². The highest BCUT2D eigenvalue weighted by Crippen LogP contribution is 2.40. The molecule has 2 nitrogen and oxygen atoms in total. The van der Waals surface area contributed by atoms with Crippen LogP contribution in [0.4, 0.5) is 8.78 Å². The number of ketones is 1. The third kappa shape index (κ3) is 3.68. The average molecular weight is 369 g/mol. The number of carbonyl (C=O) groups excluding carboxylic acids is 1. The lowest BCUT2D eigenvalue weighted by molar-refractivity contribution is -0.121. The molecule has 0 aliphatic heterocycles. The van der Waals surface area contributed by atoms with E-state index in [4.69, 9.17) is 0 Å². The van der Waals surface area contributed by atoms with Gasteiger partial charge < -0.3 is 5.32 Å². The van der Waals surface area contributed by atoms with Gasteiger partial charge in [-0.15, -0.1) is 0 Å². The molecule has 0 unspecified atom stereocenters. The second kappa shape index (κ2) is 7.51. The van der Waals surface area contributed by atoms with Crippen LogP contribution in [-0.4, -0.2) is 11.8 Å². The Bertz CT molecular complexity index is 846. The summed E-state index contributed by atoms with van der Waals surface area (Å²) in [5.41, 5.74) is 2.87. The van der Waals surface area contributed by atoms with Crippen LogP contribution in [0.3, 0.4) is 0 Å². The number of hydrogen-bond donors (Lipinski definition) is 1. The number of fused-ring (bicyclic) bond motifs is 1. The zero-order chi connectivity index (χ0) is 19.0. The molecule has 1 fully saturated rings. The Morgan fingerprint density at radius 2 is 1.96 bits per heavy atom. The van der Waals surface area contributed by atoms with E-state index < -0.39 is 17.6 Å². The van der Waals surface area contributed by atoms with E-state index in [1.54, 1.807) is 6.92 Å². The second-order valence-corrected chi connectivity index (χ2v) is 7.99. The summed E-state index contributed by atoms with van der Waals surface area (Å²) < 4.78 is 27.3. The molecule has 0 spiro atoms. The molecule has 0 aromatic heterocycles. The predicted molar refractivity (Wildman–Crippen MR) is 102 cm³/mol. The van der Waals surface area contributed by atoms with E-state index in [0.717, 1.165) is 12.5 Å². The second-order valence-electron chi connectivity index (χ2n) is 7.99. The van der Waals surface area contributed by atoms with Gasteiger partial charge in [0, 0.05) is 30.5 Å². The monoisotopic (exact) mass is 369 g/mol. The van der Waals surface area contributed by atoms with Crippen LogP contribution in [0.2, 0.25) is 0 Å². The highest BCUT2D eigenvalue weighted by molar-refractivity contribution is 5.85. The van der Waals surface area contributed by atoms with Crippen LogP contribution < -0.4 is 5.32 Å². The lowest BCUT2D eigenvalue weighted by atomic mass is 9.85. The summed E-state index contributed by atoms with van der Waals surface area (Å²) in [5.74, 6) is -1.64. The summed E-state index contributed by atoms with van der Waals surface area (Å²) in [4.78, 5) is 12.9. The summed E-state index contributed by atoms with van der Waals surface area (Å²) >= 11 is 0. The van der Waals surface area contributed by atoms with E-state index in [1.165, 1.54) is 42.5 Å². The Kier molecular flexibility index (Phi) is 5.09. The summed E-state index contributed by atoms with van der Waals surface area (Å²) in [6, 6.07) is 12.6. The van der Waals surface area contributed by atoms with Gasteiger partial charge in [0.25, 0.3) is 0 Å². The summed E-state index contributed by atoms with van der Waals surface area (Å²) in [5, 5.41) is 3.75. The fourth-order valence-electron chi connectivity index (χ4n) is 4.38. The highest BCUT2D eigenvalue weighted by atomic mass is 19.1. The number of nitrogens with one attached hydrogen (secondary N) is 1. The summed E-state index contributed by atoms with van der Waals surface area (Å²) in [7, 11) is 0. The normalized spacial score (nSPS) is 22.9. The first-order valence-electron chi connectivity index (χ1n) is 9.84. The van der Waals surface area contributed by atoms with Gasteiger partial charge in [0.15, 0.2) is 0 Å². The molecule has 2 aliphatic rings. The molecule has 0 radical (unpaired) electrons. The van der Waals surface area contributed by atoms with E-state index in [-0.39, 0.29) is 23.3 Å². The van der Waals surface area contributed by atoms with Crippen LogP contribution in [0.5, 0.6) is 0 Å². The molecule has 0 bridgehead atoms. The molecule has 2 aliphatic carbocycles. The molecule has 3 atom stereocenters. The van der Waals surface area contributed by atoms with Crippen molar-refractivity contribution in [2.75, 3.05) is 0 Å². The Labute approximate surface area is 159 Å². The molecule has 4 heteroatoms. The van der Waals surface area contributed by atoms with Crippen LogP contribution in [0.25, 0.3) is 0 Å². The summed E-state index contributed by atoms with van der Waals surface area (Å²) in [6.45, 7) is 1.72. The van der Waals surface area contributed by atoms with Crippen molar-refractivity contribution in [3.63, 3.8) is 0 Å². The SMILES string of the molecule is C[C@H](C(=O)C[C@H]1Cc2ccccc2[C@@H]1NC1CCC1)c1ccc(F)cc1F. The summed E-state index contributed by atoms with van der Waals surface area (Å²) in [6.07, 6.45) is 4.91. The Balaban J connectivity index is 1.50. The number of hydrogen-bond acceptors (Lipinski definition) is 2. The Morgan fingerprint density at radius 3 is 2.67 bits per heavy atom. The minimum absolute atomic E-state index is 0.0127. The Hall–Kier alpha value is -2.07. The van der Waals surface area contributed by atoms with Crippen molar-refractivity contribution in [1.29, 1.82) is 0 Å². The molecule has 2 aromatic carbocycles. The van der Waals surface area contributed by atoms with Crippen molar-refractivity contribution >= 4 is 5.78 Å². The molecule has 0 heterocycles. The van der Waals surface area contributed by atoms with Crippen LogP contribution in [0, 0.1) is 17.6 Å². The highest BCUT2D eigenvalue weighted by Gasteiger charge is 2.36. The topological polar surface area (TPSA) is 29.1 Å². The fraction of sp³-hybridized carbons (Fsp3) is 0.435. The van der Waals surface area contributed by atoms with Gasteiger partial charge in [-0.3, -0.25) is 4.79 Å². The molecule has 27 heavy (non-hydrogen) atoms. The van der Waals surface area contributed by atoms with Crippen molar-refractivity contribution < 1.29 is 13.6 Å². The zero-order valence-electron chi connectivity index (χ0n) is 15.6. The van der Waals surface area contributed by atoms with Gasteiger partial charge in [-0.25, -0.2) is 8.78 Å². The Morgan fingerprint density at radius 1 is 1.19 bits per heavy atom. The predicted octanol–water partition coefficient (Wildman–Crippen LogP) is 5.08. The molecule has 0 amide bonds. The zero-order valence-corrected chi connectivity index (χ0v) is 15.6. The maximum atomic E-state index is 14.1. The molecule has 1 saturated carbocycles. The van der Waals surface area contributed by atoms with Gasteiger partial charge in [0.1, 0.15) is 17.4 Å². The number of halogens is 2. The standard InChI is InChI=1S/C23H25F2NO/c1-14(19-10-9-17(24)13-21(19)25)22(27)12-16-11-15-5-2-3-8-20(15)23(16)26-18-6-4-7-18/h2-3,5,8-10,13-14,16,18,23,26H,4,6-7,11-12H2,1H3/t14-,16+,23+/m0/s1. The number of carbonyl (C=O) groups is 1. The molecular formula is C23H25F2NO. The van der Waals surface area contributed by atoms with Crippen molar-refractivity contribution in [2.45, 2.75) is 57.0 Å². The van der Waals surface area contributed by atoms with Crippen LogP contribution in [0.15, 0.2) is 42.5 Å². The van der Waals surface area contributed by atoms with Gasteiger partial charge in [-0.05, 0) is 47.9 Å². The maximum Gasteiger partial charge on any atom is 0.140 e. The average Bonchev–Trinajstić information content (AvgIpc) is 2.94. The van der Waals surface area contributed by atoms with Gasteiger partial charge >= 0.3 is 0 Å². The molecule has 1 N–H and O–H groups in total. The lowest BCUT2D eigenvalue weighted by Gasteiger charge is -2.33. The van der Waals surface area contributed by atoms with Crippen molar-refractivity contribution in [2.24, 2.45) is 5.92 Å². The largest absolute Gasteiger partial charge is 0.307 e. The molecular weight excluding hydrogens is 344 g/mol. The van der Waals surface area contributed by atoms with E-state index in [0.29, 0.717) is 12.5 Å². The van der Waals surface area contributed by atoms with E-state index >= 15 is 0 Å². The van der Waals surface area contributed by atoms with Crippen LogP contribution in [-0.2, 0) is 11.2 Å². The number of rotatable bonds is 6.